The predicted octanol–water partition coefficient (Wildman–Crippen LogP) is 9.02. The summed E-state index contributed by atoms with van der Waals surface area (Å²) in [7, 11) is -2.15. The minimum atomic E-state index is -0.747. The fourth-order valence-electron chi connectivity index (χ4n) is 7.26. The summed E-state index contributed by atoms with van der Waals surface area (Å²) in [5.74, 6) is 0. The third kappa shape index (κ3) is 6.23. The highest BCUT2D eigenvalue weighted by atomic mass is 31.2. The quantitative estimate of drug-likeness (QED) is 0.139. The molecule has 6 aromatic carbocycles. The highest BCUT2D eigenvalue weighted by Gasteiger charge is 2.56. The molecule has 1 fully saturated rings. The van der Waals surface area contributed by atoms with Crippen molar-refractivity contribution in [3.05, 3.63) is 182 Å². The topological polar surface area (TPSA) is 0 Å². The lowest BCUT2D eigenvalue weighted by atomic mass is 9.98. The second-order valence-electron chi connectivity index (χ2n) is 11.7. The largest absolute Gasteiger partial charge is 0.0622 e. The van der Waals surface area contributed by atoms with Gasteiger partial charge in [-0.1, -0.05) is 195 Å². The van der Waals surface area contributed by atoms with Crippen LogP contribution >= 0.6 is 23.8 Å². The zero-order chi connectivity index (χ0) is 30.3. The number of hydrogen-bond donors (Lipinski definition) is 0. The number of rotatable bonds is 9. The van der Waals surface area contributed by atoms with Gasteiger partial charge in [0.05, 0.1) is 0 Å². The molecular formula is C42H39P3. The van der Waals surface area contributed by atoms with Crippen LogP contribution in [0.25, 0.3) is 0 Å². The Labute approximate surface area is 272 Å². The van der Waals surface area contributed by atoms with E-state index in [1.54, 1.807) is 0 Å². The minimum Gasteiger partial charge on any atom is -0.0622 e. The molecule has 0 heterocycles. The molecule has 1 atom stereocenters. The van der Waals surface area contributed by atoms with Crippen molar-refractivity contribution in [1.29, 1.82) is 0 Å². The zero-order valence-electron chi connectivity index (χ0n) is 25.6. The molecule has 0 amide bonds. The second-order valence-corrected chi connectivity index (χ2v) is 19.4. The lowest BCUT2D eigenvalue weighted by Crippen LogP contribution is -2.50. The van der Waals surface area contributed by atoms with Gasteiger partial charge in [0.25, 0.3) is 0 Å². The van der Waals surface area contributed by atoms with E-state index in [1.807, 2.05) is 0 Å². The Morgan fingerprint density at radius 2 is 0.644 bits per heavy atom. The van der Waals surface area contributed by atoms with E-state index >= 15 is 0 Å². The first-order valence-corrected chi connectivity index (χ1v) is 20.2. The Morgan fingerprint density at radius 1 is 0.356 bits per heavy atom. The van der Waals surface area contributed by atoms with Crippen LogP contribution < -0.4 is 31.8 Å². The molecule has 1 saturated carbocycles. The first kappa shape index (κ1) is 30.3. The van der Waals surface area contributed by atoms with Gasteiger partial charge in [0.15, 0.2) is 0 Å². The van der Waals surface area contributed by atoms with Gasteiger partial charge in [0, 0.05) is 10.6 Å². The molecule has 222 valence electrons. The maximum atomic E-state index is 2.43. The molecule has 0 radical (unpaired) electrons. The van der Waals surface area contributed by atoms with Crippen molar-refractivity contribution < 1.29 is 0 Å². The SMILES string of the molecule is c1ccc(P(c2ccccc2)C2CCCCC2(P(c2ccccc2)c2ccccc2)P(c2ccccc2)c2ccccc2)cc1. The van der Waals surface area contributed by atoms with E-state index in [2.05, 4.69) is 182 Å². The van der Waals surface area contributed by atoms with Crippen LogP contribution in [0, 0.1) is 0 Å². The third-order valence-electron chi connectivity index (χ3n) is 9.02. The lowest BCUT2D eigenvalue weighted by Gasteiger charge is -2.56. The number of benzene rings is 6. The van der Waals surface area contributed by atoms with Crippen LogP contribution in [0.15, 0.2) is 182 Å². The zero-order valence-corrected chi connectivity index (χ0v) is 28.3. The molecule has 45 heavy (non-hydrogen) atoms. The molecule has 7 rings (SSSR count). The summed E-state index contributed by atoms with van der Waals surface area (Å²) >= 11 is 0. The van der Waals surface area contributed by atoms with Gasteiger partial charge in [0.2, 0.25) is 0 Å². The average Bonchev–Trinajstić information content (AvgIpc) is 3.12. The summed E-state index contributed by atoms with van der Waals surface area (Å²) in [4.78, 5) is 0.0334. The van der Waals surface area contributed by atoms with Gasteiger partial charge < -0.3 is 0 Å². The smallest absolute Gasteiger partial charge is 0.0340 e. The van der Waals surface area contributed by atoms with E-state index in [1.165, 1.54) is 57.5 Å². The Hall–Kier alpha value is -3.39. The Bertz CT molecular complexity index is 1540. The fraction of sp³-hybridized carbons (Fsp3) is 0.143. The van der Waals surface area contributed by atoms with E-state index in [9.17, 15) is 0 Å². The van der Waals surface area contributed by atoms with Crippen molar-refractivity contribution >= 4 is 55.6 Å². The molecule has 0 nitrogen and oxygen atoms in total. The first-order chi connectivity index (χ1) is 22.4. The van der Waals surface area contributed by atoms with E-state index in [-0.39, 0.29) is 4.90 Å². The summed E-state index contributed by atoms with van der Waals surface area (Å²) in [5, 5.41) is 9.01. The van der Waals surface area contributed by atoms with Crippen LogP contribution in [0.2, 0.25) is 0 Å². The second kappa shape index (κ2) is 14.4. The molecule has 0 N–H and O–H groups in total. The molecule has 0 saturated heterocycles. The predicted molar refractivity (Wildman–Crippen MR) is 202 cm³/mol. The monoisotopic (exact) mass is 636 g/mol. The highest BCUT2D eigenvalue weighted by molar-refractivity contribution is 7.92. The Balaban J connectivity index is 1.59. The van der Waals surface area contributed by atoms with Crippen LogP contribution in [-0.2, 0) is 0 Å². The van der Waals surface area contributed by atoms with Crippen molar-refractivity contribution in [2.24, 2.45) is 0 Å². The van der Waals surface area contributed by atoms with E-state index < -0.39 is 23.8 Å². The molecule has 0 bridgehead atoms. The molecule has 1 aliphatic rings. The van der Waals surface area contributed by atoms with Crippen molar-refractivity contribution in [2.45, 2.75) is 36.2 Å². The maximum absolute atomic E-state index is 2.43. The van der Waals surface area contributed by atoms with Crippen LogP contribution in [0.1, 0.15) is 25.7 Å². The summed E-state index contributed by atoms with van der Waals surface area (Å²) in [5.41, 5.74) is 0.504. The van der Waals surface area contributed by atoms with Crippen molar-refractivity contribution in [2.75, 3.05) is 0 Å². The van der Waals surface area contributed by atoms with Crippen LogP contribution in [0.4, 0.5) is 0 Å². The average molecular weight is 637 g/mol. The van der Waals surface area contributed by atoms with Crippen molar-refractivity contribution in [3.63, 3.8) is 0 Å². The minimum absolute atomic E-state index is 0.0334. The van der Waals surface area contributed by atoms with Crippen LogP contribution in [0.5, 0.6) is 0 Å². The first-order valence-electron chi connectivity index (χ1n) is 16.1. The van der Waals surface area contributed by atoms with Crippen molar-refractivity contribution in [3.8, 4) is 0 Å². The van der Waals surface area contributed by atoms with Gasteiger partial charge in [-0.05, 0) is 68.4 Å². The van der Waals surface area contributed by atoms with Crippen LogP contribution in [0.3, 0.4) is 0 Å². The molecule has 3 heteroatoms. The van der Waals surface area contributed by atoms with E-state index in [4.69, 9.17) is 0 Å². The molecule has 0 spiro atoms. The summed E-state index contributed by atoms with van der Waals surface area (Å²) in [6.45, 7) is 0. The van der Waals surface area contributed by atoms with Gasteiger partial charge in [0.1, 0.15) is 0 Å². The summed E-state index contributed by atoms with van der Waals surface area (Å²) in [6, 6.07) is 69.4. The fourth-order valence-corrected chi connectivity index (χ4v) is 19.7. The van der Waals surface area contributed by atoms with Gasteiger partial charge in [-0.2, -0.15) is 0 Å². The molecule has 0 aliphatic heterocycles. The lowest BCUT2D eigenvalue weighted by molar-refractivity contribution is 0.492. The molecule has 1 unspecified atom stereocenters. The van der Waals surface area contributed by atoms with Gasteiger partial charge in [-0.15, -0.1) is 0 Å². The molecule has 6 aromatic rings. The Kier molecular flexibility index (Phi) is 9.66. The maximum Gasteiger partial charge on any atom is 0.0340 e. The van der Waals surface area contributed by atoms with E-state index in [0.717, 1.165) is 0 Å². The Morgan fingerprint density at radius 3 is 0.956 bits per heavy atom. The van der Waals surface area contributed by atoms with E-state index in [0.29, 0.717) is 5.66 Å². The van der Waals surface area contributed by atoms with Gasteiger partial charge in [-0.3, -0.25) is 0 Å². The summed E-state index contributed by atoms with van der Waals surface area (Å²) < 4.78 is 0. The normalized spacial score (nSPS) is 16.2. The number of hydrogen-bond acceptors (Lipinski definition) is 0. The summed E-state index contributed by atoms with van der Waals surface area (Å²) in [6.07, 6.45) is 5.01. The van der Waals surface area contributed by atoms with Gasteiger partial charge >= 0.3 is 0 Å². The highest BCUT2D eigenvalue weighted by Crippen LogP contribution is 2.75. The third-order valence-corrected chi connectivity index (χ3v) is 19.5. The van der Waals surface area contributed by atoms with Crippen LogP contribution in [-0.4, -0.2) is 10.6 Å². The molecule has 0 aromatic heterocycles. The molecule has 1 aliphatic carbocycles. The standard InChI is InChI=1S/C42H39P3/c1-7-21-35(22-8-1)43(36-23-9-2-10-24-36)41-33-19-20-34-42(41,44(37-25-11-3-12-26-37)38-27-13-4-14-28-38)45(39-29-15-5-16-30-39)40-31-17-6-18-32-40/h1-18,21-32,41H,19-20,33-34H2. The van der Waals surface area contributed by atoms with Crippen molar-refractivity contribution in [1.82, 2.24) is 0 Å². The molecular weight excluding hydrogens is 597 g/mol. The van der Waals surface area contributed by atoms with Gasteiger partial charge in [-0.25, -0.2) is 0 Å².